The van der Waals surface area contributed by atoms with Crippen LogP contribution in [0, 0.1) is 0 Å². The molecule has 5 nitrogen and oxygen atoms in total. The standard InChI is InChI=1S/C20H18O5S/c1-2-13-24-20(21)18-9-5-6-10-19(18)25-26(22,23)17-12-11-15-7-3-4-8-16(15)14-17/h3-12,14H,2,13H2,1H3. The third kappa shape index (κ3) is 3.86. The molecule has 0 fully saturated rings. The van der Waals surface area contributed by atoms with Gasteiger partial charge in [-0.15, -0.1) is 0 Å². The molecule has 0 bridgehead atoms. The van der Waals surface area contributed by atoms with Gasteiger partial charge in [0.1, 0.15) is 10.5 Å². The first-order valence-electron chi connectivity index (χ1n) is 8.21. The topological polar surface area (TPSA) is 69.7 Å². The van der Waals surface area contributed by atoms with Crippen molar-refractivity contribution in [2.45, 2.75) is 18.2 Å². The zero-order valence-corrected chi connectivity index (χ0v) is 15.0. The van der Waals surface area contributed by atoms with Crippen molar-refractivity contribution in [2.24, 2.45) is 0 Å². The van der Waals surface area contributed by atoms with Gasteiger partial charge in [0, 0.05) is 0 Å². The van der Waals surface area contributed by atoms with Gasteiger partial charge in [0.05, 0.1) is 6.61 Å². The van der Waals surface area contributed by atoms with Gasteiger partial charge in [-0.2, -0.15) is 8.42 Å². The molecular weight excluding hydrogens is 352 g/mol. The molecule has 0 amide bonds. The first-order chi connectivity index (χ1) is 12.5. The summed E-state index contributed by atoms with van der Waals surface area (Å²) in [5, 5.41) is 1.71. The van der Waals surface area contributed by atoms with E-state index in [1.54, 1.807) is 24.3 Å². The quantitative estimate of drug-likeness (QED) is 0.481. The molecule has 0 saturated carbocycles. The monoisotopic (exact) mass is 370 g/mol. The van der Waals surface area contributed by atoms with Crippen molar-refractivity contribution >= 4 is 26.9 Å². The fraction of sp³-hybridized carbons (Fsp3) is 0.150. The molecule has 3 aromatic rings. The first-order valence-corrected chi connectivity index (χ1v) is 9.61. The van der Waals surface area contributed by atoms with Gasteiger partial charge in [-0.25, -0.2) is 4.79 Å². The molecule has 0 spiro atoms. The van der Waals surface area contributed by atoms with E-state index in [9.17, 15) is 13.2 Å². The van der Waals surface area contributed by atoms with E-state index < -0.39 is 16.1 Å². The summed E-state index contributed by atoms with van der Waals surface area (Å²) in [5.74, 6) is -0.669. The molecule has 0 N–H and O–H groups in total. The van der Waals surface area contributed by atoms with E-state index in [4.69, 9.17) is 8.92 Å². The number of fused-ring (bicyclic) bond motifs is 1. The number of carbonyl (C=O) groups is 1. The van der Waals surface area contributed by atoms with Crippen molar-refractivity contribution in [1.82, 2.24) is 0 Å². The Morgan fingerprint density at radius 2 is 1.62 bits per heavy atom. The fourth-order valence-corrected chi connectivity index (χ4v) is 3.45. The van der Waals surface area contributed by atoms with Crippen LogP contribution in [0.15, 0.2) is 71.6 Å². The second kappa shape index (κ2) is 7.58. The Balaban J connectivity index is 1.93. The van der Waals surface area contributed by atoms with Gasteiger partial charge in [0.2, 0.25) is 0 Å². The normalized spacial score (nSPS) is 11.3. The lowest BCUT2D eigenvalue weighted by atomic mass is 10.1. The van der Waals surface area contributed by atoms with Crippen molar-refractivity contribution < 1.29 is 22.1 Å². The molecule has 6 heteroatoms. The van der Waals surface area contributed by atoms with Gasteiger partial charge in [0.25, 0.3) is 0 Å². The van der Waals surface area contributed by atoms with E-state index in [0.717, 1.165) is 10.8 Å². The summed E-state index contributed by atoms with van der Waals surface area (Å²) >= 11 is 0. The molecule has 26 heavy (non-hydrogen) atoms. The van der Waals surface area contributed by atoms with Crippen LogP contribution in [0.1, 0.15) is 23.7 Å². The summed E-state index contributed by atoms with van der Waals surface area (Å²) in [5.41, 5.74) is 0.0744. The lowest BCUT2D eigenvalue weighted by molar-refractivity contribution is 0.0503. The smallest absolute Gasteiger partial charge is 0.341 e. The van der Waals surface area contributed by atoms with Crippen LogP contribution in [0.2, 0.25) is 0 Å². The Hall–Kier alpha value is -2.86. The number of hydrogen-bond donors (Lipinski definition) is 0. The van der Waals surface area contributed by atoms with Crippen LogP contribution in [0.4, 0.5) is 0 Å². The Bertz CT molecular complexity index is 1040. The maximum Gasteiger partial charge on any atom is 0.341 e. The number of benzene rings is 3. The highest BCUT2D eigenvalue weighted by molar-refractivity contribution is 7.87. The average Bonchev–Trinajstić information content (AvgIpc) is 2.66. The zero-order valence-electron chi connectivity index (χ0n) is 14.2. The predicted octanol–water partition coefficient (Wildman–Crippen LogP) is 4.17. The molecule has 0 unspecified atom stereocenters. The molecule has 0 heterocycles. The molecule has 0 atom stereocenters. The van der Waals surface area contributed by atoms with Gasteiger partial charge in [-0.3, -0.25) is 0 Å². The summed E-state index contributed by atoms with van der Waals surface area (Å²) in [4.78, 5) is 12.1. The lowest BCUT2D eigenvalue weighted by Crippen LogP contribution is -2.14. The Morgan fingerprint density at radius 3 is 2.38 bits per heavy atom. The third-order valence-electron chi connectivity index (χ3n) is 3.75. The molecule has 3 rings (SSSR count). The number of carbonyl (C=O) groups excluding carboxylic acids is 1. The van der Waals surface area contributed by atoms with Crippen LogP contribution in [0.3, 0.4) is 0 Å². The van der Waals surface area contributed by atoms with Gasteiger partial charge in [-0.05, 0) is 41.5 Å². The molecular formula is C20H18O5S. The van der Waals surface area contributed by atoms with Crippen molar-refractivity contribution in [2.75, 3.05) is 6.61 Å². The zero-order chi connectivity index (χ0) is 18.6. The molecule has 0 radical (unpaired) electrons. The minimum Gasteiger partial charge on any atom is -0.462 e. The number of para-hydroxylation sites is 1. The second-order valence-corrected chi connectivity index (χ2v) is 7.22. The SMILES string of the molecule is CCCOC(=O)c1ccccc1OS(=O)(=O)c1ccc2ccccc2c1. The summed E-state index contributed by atoms with van der Waals surface area (Å²) in [6, 6.07) is 18.3. The second-order valence-electron chi connectivity index (χ2n) is 5.68. The van der Waals surface area contributed by atoms with Crippen molar-refractivity contribution in [1.29, 1.82) is 0 Å². The van der Waals surface area contributed by atoms with Gasteiger partial charge in [-0.1, -0.05) is 49.4 Å². The van der Waals surface area contributed by atoms with Crippen molar-refractivity contribution in [3.8, 4) is 5.75 Å². The van der Waals surface area contributed by atoms with Gasteiger partial charge >= 0.3 is 16.1 Å². The highest BCUT2D eigenvalue weighted by Gasteiger charge is 2.21. The van der Waals surface area contributed by atoms with Crippen LogP contribution in [0.25, 0.3) is 10.8 Å². The van der Waals surface area contributed by atoms with Crippen LogP contribution in [-0.2, 0) is 14.9 Å². The minimum atomic E-state index is -4.09. The van der Waals surface area contributed by atoms with E-state index in [0.29, 0.717) is 6.42 Å². The molecule has 0 aliphatic heterocycles. The molecule has 0 aromatic heterocycles. The highest BCUT2D eigenvalue weighted by Crippen LogP contribution is 2.25. The summed E-state index contributed by atoms with van der Waals surface area (Å²) < 4.78 is 35.6. The lowest BCUT2D eigenvalue weighted by Gasteiger charge is -2.11. The number of ether oxygens (including phenoxy) is 1. The van der Waals surface area contributed by atoms with E-state index in [-0.39, 0.29) is 22.8 Å². The molecule has 3 aromatic carbocycles. The van der Waals surface area contributed by atoms with Crippen LogP contribution >= 0.6 is 0 Å². The third-order valence-corrected chi connectivity index (χ3v) is 4.98. The predicted molar refractivity (Wildman–Crippen MR) is 98.8 cm³/mol. The molecule has 0 saturated heterocycles. The molecule has 0 aliphatic rings. The number of rotatable bonds is 6. The summed E-state index contributed by atoms with van der Waals surface area (Å²) in [6.45, 7) is 2.13. The van der Waals surface area contributed by atoms with Crippen LogP contribution in [-0.4, -0.2) is 21.0 Å². The first kappa shape index (κ1) is 17.9. The minimum absolute atomic E-state index is 0.0212. The Morgan fingerprint density at radius 1 is 0.923 bits per heavy atom. The Kier molecular flexibility index (Phi) is 5.23. The maximum absolute atomic E-state index is 12.7. The molecule has 134 valence electrons. The van der Waals surface area contributed by atoms with E-state index in [1.807, 2.05) is 31.2 Å². The number of hydrogen-bond acceptors (Lipinski definition) is 5. The Labute approximate surface area is 152 Å². The van der Waals surface area contributed by atoms with Crippen molar-refractivity contribution in [3.05, 3.63) is 72.3 Å². The molecule has 0 aliphatic carbocycles. The largest absolute Gasteiger partial charge is 0.462 e. The maximum atomic E-state index is 12.7. The van der Waals surface area contributed by atoms with E-state index >= 15 is 0 Å². The van der Waals surface area contributed by atoms with Crippen LogP contribution < -0.4 is 4.18 Å². The fourth-order valence-electron chi connectivity index (χ4n) is 2.47. The van der Waals surface area contributed by atoms with E-state index in [2.05, 4.69) is 0 Å². The summed E-state index contributed by atoms with van der Waals surface area (Å²) in [7, 11) is -4.09. The van der Waals surface area contributed by atoms with E-state index in [1.165, 1.54) is 18.2 Å². The van der Waals surface area contributed by atoms with Gasteiger partial charge < -0.3 is 8.92 Å². The van der Waals surface area contributed by atoms with Crippen molar-refractivity contribution in [3.63, 3.8) is 0 Å². The van der Waals surface area contributed by atoms with Gasteiger partial charge in [0.15, 0.2) is 5.75 Å². The summed E-state index contributed by atoms with van der Waals surface area (Å²) in [6.07, 6.45) is 0.671. The average molecular weight is 370 g/mol. The number of esters is 1. The van der Waals surface area contributed by atoms with Crippen LogP contribution in [0.5, 0.6) is 5.75 Å². The highest BCUT2D eigenvalue weighted by atomic mass is 32.2.